The molecule has 1 aromatic carbocycles. The third-order valence-electron chi connectivity index (χ3n) is 3.56. The van der Waals surface area contributed by atoms with Crippen molar-refractivity contribution < 1.29 is 4.74 Å². The largest absolute Gasteiger partial charge is 0.381 e. The highest BCUT2D eigenvalue weighted by molar-refractivity contribution is 7.99. The maximum Gasteiger partial charge on any atom is 0.0601 e. The van der Waals surface area contributed by atoms with E-state index in [1.165, 1.54) is 29.1 Å². The number of ether oxygens (including phenoxy) is 1. The van der Waals surface area contributed by atoms with Crippen LogP contribution in [0.4, 0.5) is 0 Å². The molecule has 0 aromatic heterocycles. The lowest BCUT2D eigenvalue weighted by molar-refractivity contribution is 0.0149. The van der Waals surface area contributed by atoms with Crippen LogP contribution in [-0.4, -0.2) is 25.0 Å². The van der Waals surface area contributed by atoms with Crippen molar-refractivity contribution in [1.29, 1.82) is 0 Å². The van der Waals surface area contributed by atoms with Gasteiger partial charge in [-0.1, -0.05) is 18.2 Å². The van der Waals surface area contributed by atoms with E-state index in [9.17, 15) is 0 Å². The van der Waals surface area contributed by atoms with Crippen LogP contribution in [0.3, 0.4) is 0 Å². The van der Waals surface area contributed by atoms with Gasteiger partial charge in [0.25, 0.3) is 0 Å². The van der Waals surface area contributed by atoms with E-state index in [2.05, 4.69) is 29.6 Å². The van der Waals surface area contributed by atoms with Crippen LogP contribution in [0.2, 0.25) is 0 Å². The molecule has 1 fully saturated rings. The van der Waals surface area contributed by atoms with Crippen LogP contribution in [0, 0.1) is 0 Å². The second kappa shape index (κ2) is 4.40. The summed E-state index contributed by atoms with van der Waals surface area (Å²) in [5, 5.41) is 3.73. The lowest BCUT2D eigenvalue weighted by Crippen LogP contribution is -2.46. The lowest BCUT2D eigenvalue weighted by Gasteiger charge is -2.36. The van der Waals surface area contributed by atoms with Gasteiger partial charge in [-0.3, -0.25) is 0 Å². The maximum atomic E-state index is 5.31. The van der Waals surface area contributed by atoms with Crippen molar-refractivity contribution in [3.05, 3.63) is 29.8 Å². The number of nitrogens with one attached hydrogen (secondary N) is 1. The Labute approximate surface area is 101 Å². The molecule has 0 saturated heterocycles. The van der Waals surface area contributed by atoms with Crippen LogP contribution in [0.1, 0.15) is 24.4 Å². The van der Waals surface area contributed by atoms with Crippen molar-refractivity contribution in [2.45, 2.75) is 35.9 Å². The molecule has 2 nitrogen and oxygen atoms in total. The summed E-state index contributed by atoms with van der Waals surface area (Å²) < 4.78 is 5.31. The first kappa shape index (κ1) is 10.6. The summed E-state index contributed by atoms with van der Waals surface area (Å²) in [6.45, 7) is 0. The Morgan fingerprint density at radius 2 is 2.12 bits per heavy atom. The van der Waals surface area contributed by atoms with Gasteiger partial charge in [0.2, 0.25) is 0 Å². The molecule has 0 amide bonds. The Kier molecular flexibility index (Phi) is 2.92. The Bertz CT molecular complexity index is 376. The van der Waals surface area contributed by atoms with E-state index in [1.54, 1.807) is 0 Å². The number of fused-ring (bicyclic) bond motifs is 1. The van der Waals surface area contributed by atoms with Crippen LogP contribution in [0.15, 0.2) is 29.2 Å². The van der Waals surface area contributed by atoms with Gasteiger partial charge in [-0.15, -0.1) is 11.8 Å². The van der Waals surface area contributed by atoms with Crippen LogP contribution in [0.5, 0.6) is 0 Å². The Morgan fingerprint density at radius 3 is 2.94 bits per heavy atom. The first-order valence-corrected chi connectivity index (χ1v) is 6.86. The summed E-state index contributed by atoms with van der Waals surface area (Å²) in [6, 6.07) is 9.93. The summed E-state index contributed by atoms with van der Waals surface area (Å²) in [7, 11) is 1.81. The Morgan fingerprint density at radius 1 is 1.31 bits per heavy atom. The van der Waals surface area contributed by atoms with Crippen molar-refractivity contribution in [3.8, 4) is 0 Å². The third-order valence-corrected chi connectivity index (χ3v) is 4.75. The average Bonchev–Trinajstić information content (AvgIpc) is 2.66. The molecule has 1 aliphatic heterocycles. The molecule has 1 aliphatic carbocycles. The molecule has 1 unspecified atom stereocenters. The molecule has 0 bridgehead atoms. The standard InChI is InChI=1S/C13H17NOS/c1-15-10-6-9(7-10)14-12-8-16-13-5-3-2-4-11(12)13/h2-5,9-10,12,14H,6-8H2,1H3. The first-order valence-electron chi connectivity index (χ1n) is 5.87. The van der Waals surface area contributed by atoms with Crippen molar-refractivity contribution >= 4 is 11.8 Å². The van der Waals surface area contributed by atoms with E-state index in [0.717, 1.165) is 0 Å². The molecule has 86 valence electrons. The van der Waals surface area contributed by atoms with Crippen molar-refractivity contribution in [2.75, 3.05) is 12.9 Å². The zero-order valence-corrected chi connectivity index (χ0v) is 10.3. The van der Waals surface area contributed by atoms with Crippen molar-refractivity contribution in [3.63, 3.8) is 0 Å². The van der Waals surface area contributed by atoms with Gasteiger partial charge in [0, 0.05) is 29.8 Å². The number of methoxy groups -OCH3 is 1. The second-order valence-corrected chi connectivity index (χ2v) is 5.66. The van der Waals surface area contributed by atoms with E-state index in [1.807, 2.05) is 18.9 Å². The fourth-order valence-corrected chi connectivity index (χ4v) is 3.65. The van der Waals surface area contributed by atoms with E-state index in [-0.39, 0.29) is 0 Å². The number of rotatable bonds is 3. The Balaban J connectivity index is 1.62. The van der Waals surface area contributed by atoms with Crippen LogP contribution in [-0.2, 0) is 4.74 Å². The minimum absolute atomic E-state index is 0.488. The number of thioether (sulfide) groups is 1. The zero-order valence-electron chi connectivity index (χ0n) is 9.48. The fourth-order valence-electron chi connectivity index (χ4n) is 2.48. The molecule has 16 heavy (non-hydrogen) atoms. The van der Waals surface area contributed by atoms with Crippen molar-refractivity contribution in [2.24, 2.45) is 0 Å². The lowest BCUT2D eigenvalue weighted by atomic mass is 9.88. The van der Waals surface area contributed by atoms with Crippen LogP contribution < -0.4 is 5.32 Å². The summed E-state index contributed by atoms with van der Waals surface area (Å²) in [6.07, 6.45) is 2.82. The number of hydrogen-bond acceptors (Lipinski definition) is 3. The number of hydrogen-bond donors (Lipinski definition) is 1. The average molecular weight is 235 g/mol. The molecule has 2 aliphatic rings. The molecular formula is C13H17NOS. The highest BCUT2D eigenvalue weighted by atomic mass is 32.2. The predicted molar refractivity (Wildman–Crippen MR) is 66.9 cm³/mol. The van der Waals surface area contributed by atoms with Crippen molar-refractivity contribution in [1.82, 2.24) is 5.32 Å². The topological polar surface area (TPSA) is 21.3 Å². The van der Waals surface area contributed by atoms with Gasteiger partial charge >= 0.3 is 0 Å². The molecule has 3 rings (SSSR count). The molecule has 1 atom stereocenters. The first-order chi connectivity index (χ1) is 7.86. The highest BCUT2D eigenvalue weighted by Crippen LogP contribution is 2.39. The summed E-state index contributed by atoms with van der Waals surface area (Å²) >= 11 is 1.97. The molecule has 1 N–H and O–H groups in total. The minimum Gasteiger partial charge on any atom is -0.381 e. The number of benzene rings is 1. The summed E-state index contributed by atoms with van der Waals surface area (Å²) in [5.41, 5.74) is 1.48. The minimum atomic E-state index is 0.488. The normalized spacial score (nSPS) is 32.2. The summed E-state index contributed by atoms with van der Waals surface area (Å²) in [5.74, 6) is 1.17. The predicted octanol–water partition coefficient (Wildman–Crippen LogP) is 2.60. The monoisotopic (exact) mass is 235 g/mol. The van der Waals surface area contributed by atoms with Gasteiger partial charge in [-0.05, 0) is 24.5 Å². The van der Waals surface area contributed by atoms with Gasteiger partial charge in [0.05, 0.1) is 6.10 Å². The quantitative estimate of drug-likeness (QED) is 0.870. The van der Waals surface area contributed by atoms with E-state index in [4.69, 9.17) is 4.74 Å². The van der Waals surface area contributed by atoms with E-state index in [0.29, 0.717) is 18.2 Å². The fraction of sp³-hybridized carbons (Fsp3) is 0.538. The van der Waals surface area contributed by atoms with Gasteiger partial charge in [0.1, 0.15) is 0 Å². The van der Waals surface area contributed by atoms with E-state index >= 15 is 0 Å². The molecule has 1 heterocycles. The maximum absolute atomic E-state index is 5.31. The molecule has 3 heteroatoms. The second-order valence-electron chi connectivity index (χ2n) is 4.59. The molecule has 0 spiro atoms. The molecule has 1 saturated carbocycles. The third kappa shape index (κ3) is 1.88. The van der Waals surface area contributed by atoms with Gasteiger partial charge in [0.15, 0.2) is 0 Å². The van der Waals surface area contributed by atoms with Gasteiger partial charge in [-0.25, -0.2) is 0 Å². The smallest absolute Gasteiger partial charge is 0.0601 e. The van der Waals surface area contributed by atoms with Gasteiger partial charge in [-0.2, -0.15) is 0 Å². The van der Waals surface area contributed by atoms with E-state index < -0.39 is 0 Å². The van der Waals surface area contributed by atoms with Gasteiger partial charge < -0.3 is 10.1 Å². The highest BCUT2D eigenvalue weighted by Gasteiger charge is 2.32. The van der Waals surface area contributed by atoms with Crippen LogP contribution >= 0.6 is 11.8 Å². The van der Waals surface area contributed by atoms with Crippen LogP contribution in [0.25, 0.3) is 0 Å². The zero-order chi connectivity index (χ0) is 11.0. The SMILES string of the molecule is COC1CC(NC2CSc3ccccc32)C1. The molecule has 1 aromatic rings. The Hall–Kier alpha value is -0.510. The molecule has 0 radical (unpaired) electrons. The summed E-state index contributed by atoms with van der Waals surface area (Å²) in [4.78, 5) is 1.45. The molecular weight excluding hydrogens is 218 g/mol.